The number of phenols is 1. The van der Waals surface area contributed by atoms with Gasteiger partial charge in [0.1, 0.15) is 11.5 Å². The number of aliphatic hydroxyl groups is 2. The number of Topliss-reactive ketones (excluding diaryl/α,β-unsaturated/α-hetero) is 1. The first-order valence-electron chi connectivity index (χ1n) is 22.2. The number of carbonyl (C=O) groups is 2. The number of rotatable bonds is 18. The van der Waals surface area contributed by atoms with Crippen LogP contribution in [0.1, 0.15) is 76.5 Å². The van der Waals surface area contributed by atoms with Crippen LogP contribution in [0.3, 0.4) is 0 Å². The summed E-state index contributed by atoms with van der Waals surface area (Å²) in [7, 11) is 0. The summed E-state index contributed by atoms with van der Waals surface area (Å²) in [5.74, 6) is -0.340. The smallest absolute Gasteiger partial charge is 0.347 e. The molecule has 0 spiro atoms. The van der Waals surface area contributed by atoms with E-state index in [0.717, 1.165) is 71.8 Å². The molecule has 0 unspecified atom stereocenters. The van der Waals surface area contributed by atoms with Gasteiger partial charge in [-0.05, 0) is 121 Å². The summed E-state index contributed by atoms with van der Waals surface area (Å²) in [5, 5.41) is 34.0. The van der Waals surface area contributed by atoms with E-state index in [9.17, 15) is 29.7 Å². The number of benzene rings is 5. The maximum atomic E-state index is 14.0. The van der Waals surface area contributed by atoms with Crippen LogP contribution in [0.4, 0.5) is 0 Å². The van der Waals surface area contributed by atoms with E-state index in [1.807, 2.05) is 78.9 Å². The fraction of sp³-hybridized carbons (Fsp3) is 0.278. The molecule has 2 aromatic heterocycles. The highest BCUT2D eigenvalue weighted by Crippen LogP contribution is 2.37. The Hall–Kier alpha value is -6.17. The quantitative estimate of drug-likeness (QED) is 0.0626. The molecule has 0 saturated carbocycles. The minimum absolute atomic E-state index is 0.0332. The molecular weight excluding hydrogens is 821 g/mol. The molecule has 1 aliphatic heterocycles. The van der Waals surface area contributed by atoms with Gasteiger partial charge in [-0.25, -0.2) is 4.79 Å². The van der Waals surface area contributed by atoms with Gasteiger partial charge in [-0.2, -0.15) is 0 Å². The van der Waals surface area contributed by atoms with E-state index in [0.29, 0.717) is 53.3 Å². The average Bonchev–Trinajstić information content (AvgIpc) is 3.81. The van der Waals surface area contributed by atoms with E-state index >= 15 is 0 Å². The number of fused-ring (bicyclic) bond motifs is 1. The summed E-state index contributed by atoms with van der Waals surface area (Å²) in [6, 6.07) is 45.2. The van der Waals surface area contributed by atoms with Crippen LogP contribution in [-0.2, 0) is 45.7 Å². The third kappa shape index (κ3) is 10.8. The predicted molar refractivity (Wildman–Crippen MR) is 252 cm³/mol. The zero-order valence-electron chi connectivity index (χ0n) is 35.8. The SMILES string of the molecule is O=C(CCc1ccc(-c2cccc([C@](O)(C(=O)OCC3CCN(Cc4ccccc4)CC3)c3ccccc3)c2)s1)Cc1ccc(CCC[C@H](O)c2ccc(O)c3[nH]c(=O)ccc23)cc1. The molecule has 0 bridgehead atoms. The molecule has 328 valence electrons. The van der Waals surface area contributed by atoms with Gasteiger partial charge < -0.3 is 25.0 Å². The maximum Gasteiger partial charge on any atom is 0.347 e. The average molecular weight is 875 g/mol. The number of aromatic amines is 1. The normalized spacial score (nSPS) is 14.8. The van der Waals surface area contributed by atoms with Crippen LogP contribution in [0.2, 0.25) is 0 Å². The lowest BCUT2D eigenvalue weighted by atomic mass is 9.85. The van der Waals surface area contributed by atoms with Crippen molar-refractivity contribution < 1.29 is 29.6 Å². The number of phenolic OH excluding ortho intramolecular Hbond substituents is 1. The second kappa shape index (κ2) is 20.6. The van der Waals surface area contributed by atoms with Crippen LogP contribution < -0.4 is 5.56 Å². The van der Waals surface area contributed by atoms with Crippen molar-refractivity contribution in [2.45, 2.75) is 69.6 Å². The number of aromatic hydroxyl groups is 1. The first-order valence-corrected chi connectivity index (χ1v) is 23.0. The topological polar surface area (TPSA) is 140 Å². The first-order chi connectivity index (χ1) is 31.1. The number of pyridine rings is 1. The van der Waals surface area contributed by atoms with Crippen molar-refractivity contribution in [1.29, 1.82) is 0 Å². The Labute approximate surface area is 377 Å². The lowest BCUT2D eigenvalue weighted by Crippen LogP contribution is -2.40. The second-order valence-electron chi connectivity index (χ2n) is 17.0. The predicted octanol–water partition coefficient (Wildman–Crippen LogP) is 9.45. The standard InChI is InChI=1S/C54H54N2O7S/c57-44(33-38-19-17-37(18-20-38)11-7-16-48(58)46-24-26-49(59)52-47(46)25-28-51(60)55-52)21-22-45-23-27-50(64-45)41-12-8-15-43(34-41)54(62,42-13-5-2-6-14-42)53(61)63-36-40-29-31-56(32-30-40)35-39-9-3-1-4-10-39/h1-6,8-10,12-15,17-20,23-28,34,40,48,58-59,62H,7,11,16,21-22,29-33,35-36H2,(H,55,60)/t48-,54-/m0/s1. The van der Waals surface area contributed by atoms with Crippen molar-refractivity contribution in [2.24, 2.45) is 5.92 Å². The number of piperidine rings is 1. The van der Waals surface area contributed by atoms with Gasteiger partial charge in [-0.3, -0.25) is 14.5 Å². The molecule has 8 rings (SSSR count). The first kappa shape index (κ1) is 44.4. The van der Waals surface area contributed by atoms with E-state index in [1.54, 1.807) is 41.7 Å². The van der Waals surface area contributed by atoms with Gasteiger partial charge >= 0.3 is 5.97 Å². The van der Waals surface area contributed by atoms with Crippen molar-refractivity contribution in [3.63, 3.8) is 0 Å². The number of esters is 1. The number of aryl methyl sites for hydroxylation is 2. The molecule has 64 heavy (non-hydrogen) atoms. The lowest BCUT2D eigenvalue weighted by Gasteiger charge is -2.33. The summed E-state index contributed by atoms with van der Waals surface area (Å²) in [6.45, 7) is 3.02. The molecular formula is C54H54N2O7S. The third-order valence-corrected chi connectivity index (χ3v) is 13.6. The van der Waals surface area contributed by atoms with Gasteiger partial charge in [-0.15, -0.1) is 11.3 Å². The summed E-state index contributed by atoms with van der Waals surface area (Å²) in [6.07, 6.45) is 4.45. The number of likely N-dealkylation sites (tertiary alicyclic amines) is 1. The van der Waals surface area contributed by atoms with Crippen molar-refractivity contribution in [3.8, 4) is 16.2 Å². The minimum atomic E-state index is -1.99. The number of nitrogens with one attached hydrogen (secondary N) is 1. The lowest BCUT2D eigenvalue weighted by molar-refractivity contribution is -0.164. The highest BCUT2D eigenvalue weighted by molar-refractivity contribution is 7.15. The van der Waals surface area contributed by atoms with Gasteiger partial charge in [0.25, 0.3) is 0 Å². The van der Waals surface area contributed by atoms with E-state index in [2.05, 4.69) is 34.1 Å². The van der Waals surface area contributed by atoms with Crippen molar-refractivity contribution in [2.75, 3.05) is 19.7 Å². The summed E-state index contributed by atoms with van der Waals surface area (Å²) in [5.41, 5.74) is 3.80. The van der Waals surface area contributed by atoms with Gasteiger partial charge in [-0.1, -0.05) is 109 Å². The molecule has 1 aliphatic rings. The zero-order valence-corrected chi connectivity index (χ0v) is 36.6. The van der Waals surface area contributed by atoms with E-state index in [4.69, 9.17) is 4.74 Å². The summed E-state index contributed by atoms with van der Waals surface area (Å²) >= 11 is 1.60. The largest absolute Gasteiger partial charge is 0.506 e. The fourth-order valence-electron chi connectivity index (χ4n) is 8.70. The number of hydrogen-bond acceptors (Lipinski definition) is 9. The van der Waals surface area contributed by atoms with Gasteiger partial charge in [0, 0.05) is 46.2 Å². The number of ketones is 1. The Bertz CT molecular complexity index is 2720. The van der Waals surface area contributed by atoms with Crippen LogP contribution in [0, 0.1) is 5.92 Å². The highest BCUT2D eigenvalue weighted by atomic mass is 32.1. The third-order valence-electron chi connectivity index (χ3n) is 12.4. The number of aliphatic hydroxyl groups excluding tert-OH is 1. The Morgan fingerprint density at radius 2 is 1.50 bits per heavy atom. The minimum Gasteiger partial charge on any atom is -0.506 e. The number of ether oxygens (including phenoxy) is 1. The maximum absolute atomic E-state index is 14.0. The summed E-state index contributed by atoms with van der Waals surface area (Å²) in [4.78, 5) is 46.0. The van der Waals surface area contributed by atoms with Gasteiger partial charge in [0.15, 0.2) is 0 Å². The molecule has 0 aliphatic carbocycles. The van der Waals surface area contributed by atoms with E-state index < -0.39 is 17.7 Å². The number of hydrogen-bond donors (Lipinski definition) is 4. The van der Waals surface area contributed by atoms with E-state index in [1.165, 1.54) is 17.7 Å². The molecule has 7 aromatic rings. The number of thiophene rings is 1. The molecule has 10 heteroatoms. The van der Waals surface area contributed by atoms with Gasteiger partial charge in [0.2, 0.25) is 11.2 Å². The Balaban J connectivity index is 0.827. The molecule has 1 fully saturated rings. The van der Waals surface area contributed by atoms with Crippen LogP contribution in [0.5, 0.6) is 5.75 Å². The van der Waals surface area contributed by atoms with Crippen LogP contribution in [0.25, 0.3) is 21.3 Å². The van der Waals surface area contributed by atoms with Crippen molar-refractivity contribution >= 4 is 34.0 Å². The molecule has 2 atom stereocenters. The number of carbonyl (C=O) groups excluding carboxylic acids is 2. The molecule has 3 heterocycles. The van der Waals surface area contributed by atoms with E-state index in [-0.39, 0.29) is 29.6 Å². The Morgan fingerprint density at radius 3 is 2.27 bits per heavy atom. The monoisotopic (exact) mass is 874 g/mol. The molecule has 0 radical (unpaired) electrons. The zero-order chi connectivity index (χ0) is 44.5. The van der Waals surface area contributed by atoms with Gasteiger partial charge in [0.05, 0.1) is 18.2 Å². The Morgan fingerprint density at radius 1 is 0.781 bits per heavy atom. The highest BCUT2D eigenvalue weighted by Gasteiger charge is 2.42. The molecule has 5 aromatic carbocycles. The number of aromatic nitrogens is 1. The number of H-pyrrole nitrogens is 1. The molecule has 9 nitrogen and oxygen atoms in total. The fourth-order valence-corrected chi connectivity index (χ4v) is 9.71. The van der Waals surface area contributed by atoms with Crippen LogP contribution >= 0.6 is 11.3 Å². The second-order valence-corrected chi connectivity index (χ2v) is 18.1. The molecule has 0 amide bonds. The van der Waals surface area contributed by atoms with Crippen molar-refractivity contribution in [1.82, 2.24) is 9.88 Å². The molecule has 4 N–H and O–H groups in total. The van der Waals surface area contributed by atoms with Crippen LogP contribution in [0.15, 0.2) is 150 Å². The van der Waals surface area contributed by atoms with Crippen molar-refractivity contribution in [3.05, 3.63) is 194 Å². The Kier molecular flexibility index (Phi) is 14.3. The molecule has 1 saturated heterocycles. The number of nitrogens with zero attached hydrogens (tertiary/aromatic N) is 1. The van der Waals surface area contributed by atoms with Crippen LogP contribution in [-0.4, -0.2) is 56.7 Å². The summed E-state index contributed by atoms with van der Waals surface area (Å²) < 4.78 is 5.96.